The summed E-state index contributed by atoms with van der Waals surface area (Å²) < 4.78 is 10.4. The molecule has 0 saturated heterocycles. The van der Waals surface area contributed by atoms with Crippen LogP contribution in [-0.2, 0) is 14.3 Å². The monoisotopic (exact) mass is 390 g/mol. The summed E-state index contributed by atoms with van der Waals surface area (Å²) >= 11 is 0. The van der Waals surface area contributed by atoms with Crippen molar-refractivity contribution in [3.8, 4) is 0 Å². The number of carbonyl (C=O) groups excluding carboxylic acids is 2. The molecule has 0 amide bonds. The van der Waals surface area contributed by atoms with E-state index in [0.29, 0.717) is 30.4 Å². The molecule has 1 saturated carbocycles. The molecule has 1 aliphatic rings. The number of ether oxygens (including phenoxy) is 2. The molecule has 1 fully saturated rings. The average molecular weight is 391 g/mol. The van der Waals surface area contributed by atoms with Gasteiger partial charge in [0.15, 0.2) is 0 Å². The van der Waals surface area contributed by atoms with Crippen LogP contribution in [0.25, 0.3) is 0 Å². The van der Waals surface area contributed by atoms with Gasteiger partial charge in [0.05, 0.1) is 12.2 Å². The van der Waals surface area contributed by atoms with Gasteiger partial charge >= 0.3 is 11.9 Å². The van der Waals surface area contributed by atoms with Gasteiger partial charge in [-0.2, -0.15) is 0 Å². The molecular weight excluding hydrogens is 352 g/mol. The van der Waals surface area contributed by atoms with E-state index in [0.717, 1.165) is 32.1 Å². The molecule has 4 heteroatoms. The van der Waals surface area contributed by atoms with Crippen LogP contribution in [0.2, 0.25) is 0 Å². The Morgan fingerprint density at radius 1 is 1.00 bits per heavy atom. The van der Waals surface area contributed by atoms with Gasteiger partial charge in [-0.15, -0.1) is 0 Å². The third kappa shape index (κ3) is 8.45. The van der Waals surface area contributed by atoms with Crippen molar-refractivity contribution in [3.05, 3.63) is 35.4 Å². The minimum atomic E-state index is -0.398. The Morgan fingerprint density at radius 2 is 1.57 bits per heavy atom. The van der Waals surface area contributed by atoms with E-state index < -0.39 is 5.60 Å². The zero-order valence-corrected chi connectivity index (χ0v) is 18.5. The van der Waals surface area contributed by atoms with Gasteiger partial charge in [-0.1, -0.05) is 26.0 Å². The molecule has 0 radical (unpaired) electrons. The largest absolute Gasteiger partial charge is 0.462 e. The molecule has 0 spiro atoms. The summed E-state index contributed by atoms with van der Waals surface area (Å²) in [5.41, 5.74) is 1.51. The van der Waals surface area contributed by atoms with Crippen molar-refractivity contribution >= 4 is 11.9 Å². The molecule has 0 unspecified atom stereocenters. The average Bonchev–Trinajstić information content (AvgIpc) is 2.67. The molecule has 0 aromatic heterocycles. The van der Waals surface area contributed by atoms with Crippen molar-refractivity contribution in [1.82, 2.24) is 0 Å². The minimum Gasteiger partial charge on any atom is -0.462 e. The second-order valence-corrected chi connectivity index (χ2v) is 8.19. The van der Waals surface area contributed by atoms with Gasteiger partial charge in [-0.05, 0) is 89.3 Å². The lowest BCUT2D eigenvalue weighted by molar-refractivity contribution is -0.155. The van der Waals surface area contributed by atoms with Crippen LogP contribution in [-0.4, -0.2) is 24.1 Å². The first-order valence-corrected chi connectivity index (χ1v) is 10.8. The zero-order valence-electron chi connectivity index (χ0n) is 18.5. The summed E-state index contributed by atoms with van der Waals surface area (Å²) in [7, 11) is 0. The minimum absolute atomic E-state index is 0.0887. The maximum Gasteiger partial charge on any atom is 0.338 e. The molecule has 2 rings (SSSR count). The highest BCUT2D eigenvalue weighted by Gasteiger charge is 2.24. The zero-order chi connectivity index (χ0) is 21.2. The summed E-state index contributed by atoms with van der Waals surface area (Å²) in [6, 6.07) is 7.83. The fraction of sp³-hybridized carbons (Fsp3) is 0.667. The first kappa shape index (κ1) is 24.2. The Hall–Kier alpha value is -1.84. The van der Waals surface area contributed by atoms with Gasteiger partial charge in [0.1, 0.15) is 5.60 Å². The van der Waals surface area contributed by atoms with E-state index in [9.17, 15) is 9.59 Å². The van der Waals surface area contributed by atoms with Crippen LogP contribution in [0, 0.1) is 5.92 Å². The number of benzene rings is 1. The van der Waals surface area contributed by atoms with Gasteiger partial charge < -0.3 is 9.47 Å². The van der Waals surface area contributed by atoms with E-state index in [4.69, 9.17) is 9.47 Å². The van der Waals surface area contributed by atoms with E-state index in [1.807, 2.05) is 53.7 Å². The van der Waals surface area contributed by atoms with Crippen LogP contribution >= 0.6 is 0 Å². The molecular formula is C24H38O4. The maximum atomic E-state index is 11.9. The SMILES string of the molecule is CC.CCOC(=O)c1ccc(C2CCC(CCC(=O)OC(C)(C)C)CC2)cc1. The molecule has 0 heterocycles. The molecule has 1 aromatic rings. The van der Waals surface area contributed by atoms with Crippen LogP contribution < -0.4 is 0 Å². The lowest BCUT2D eigenvalue weighted by Crippen LogP contribution is -2.24. The molecule has 1 aromatic carbocycles. The van der Waals surface area contributed by atoms with Crippen molar-refractivity contribution < 1.29 is 19.1 Å². The fourth-order valence-electron chi connectivity index (χ4n) is 3.60. The van der Waals surface area contributed by atoms with Crippen LogP contribution in [0.4, 0.5) is 0 Å². The molecule has 1 aliphatic carbocycles. The Morgan fingerprint density at radius 3 is 2.07 bits per heavy atom. The predicted octanol–water partition coefficient (Wildman–Crippen LogP) is 6.29. The Bertz CT molecular complexity index is 590. The first-order chi connectivity index (χ1) is 13.3. The smallest absolute Gasteiger partial charge is 0.338 e. The topological polar surface area (TPSA) is 52.6 Å². The molecule has 158 valence electrons. The molecule has 28 heavy (non-hydrogen) atoms. The Labute approximate surface area is 171 Å². The normalized spacial score (nSPS) is 19.2. The van der Waals surface area contributed by atoms with Gasteiger partial charge in [0.2, 0.25) is 0 Å². The summed E-state index contributed by atoms with van der Waals surface area (Å²) in [6.07, 6.45) is 6.00. The second kappa shape index (κ2) is 11.9. The van der Waals surface area contributed by atoms with Crippen molar-refractivity contribution in [3.63, 3.8) is 0 Å². The Kier molecular flexibility index (Phi) is 10.3. The Balaban J connectivity index is 0.00000190. The van der Waals surface area contributed by atoms with Gasteiger partial charge in [0.25, 0.3) is 0 Å². The standard InChI is InChI=1S/C22H32O4.C2H6/c1-5-25-21(24)19-13-11-18(12-14-19)17-9-6-16(7-10-17)8-15-20(23)26-22(2,3)4;1-2/h11-14,16-17H,5-10,15H2,1-4H3;1-2H3. The maximum absolute atomic E-state index is 11.9. The third-order valence-electron chi connectivity index (χ3n) is 4.92. The van der Waals surface area contributed by atoms with Crippen LogP contribution in [0.15, 0.2) is 24.3 Å². The van der Waals surface area contributed by atoms with E-state index in [2.05, 4.69) is 12.1 Å². The summed E-state index contributed by atoms with van der Waals surface area (Å²) in [6.45, 7) is 11.9. The van der Waals surface area contributed by atoms with E-state index in [1.54, 1.807) is 0 Å². The number of hydrogen-bond donors (Lipinski definition) is 0. The highest BCUT2D eigenvalue weighted by Crippen LogP contribution is 2.37. The fourth-order valence-corrected chi connectivity index (χ4v) is 3.60. The highest BCUT2D eigenvalue weighted by molar-refractivity contribution is 5.89. The number of rotatable bonds is 6. The lowest BCUT2D eigenvalue weighted by Gasteiger charge is -2.29. The molecule has 0 bridgehead atoms. The quantitative estimate of drug-likeness (QED) is 0.536. The van der Waals surface area contributed by atoms with Crippen molar-refractivity contribution in [2.75, 3.05) is 6.61 Å². The molecule has 4 nitrogen and oxygen atoms in total. The van der Waals surface area contributed by atoms with Gasteiger partial charge in [-0.3, -0.25) is 4.79 Å². The number of carbonyl (C=O) groups is 2. The number of hydrogen-bond acceptors (Lipinski definition) is 4. The second-order valence-electron chi connectivity index (χ2n) is 8.19. The summed E-state index contributed by atoms with van der Waals surface area (Å²) in [5.74, 6) is 0.806. The van der Waals surface area contributed by atoms with Crippen molar-refractivity contribution in [2.45, 2.75) is 91.6 Å². The molecule has 0 N–H and O–H groups in total. The van der Waals surface area contributed by atoms with Gasteiger partial charge in [-0.25, -0.2) is 4.79 Å². The van der Waals surface area contributed by atoms with Crippen LogP contribution in [0.5, 0.6) is 0 Å². The lowest BCUT2D eigenvalue weighted by atomic mass is 9.77. The van der Waals surface area contributed by atoms with E-state index >= 15 is 0 Å². The van der Waals surface area contributed by atoms with Crippen molar-refractivity contribution in [1.29, 1.82) is 0 Å². The summed E-state index contributed by atoms with van der Waals surface area (Å²) in [5, 5.41) is 0. The van der Waals surface area contributed by atoms with E-state index in [-0.39, 0.29) is 11.9 Å². The van der Waals surface area contributed by atoms with Crippen molar-refractivity contribution in [2.24, 2.45) is 5.92 Å². The van der Waals surface area contributed by atoms with Crippen LogP contribution in [0.3, 0.4) is 0 Å². The molecule has 0 aliphatic heterocycles. The highest BCUT2D eigenvalue weighted by atomic mass is 16.6. The first-order valence-electron chi connectivity index (χ1n) is 10.8. The summed E-state index contributed by atoms with van der Waals surface area (Å²) in [4.78, 5) is 23.6. The van der Waals surface area contributed by atoms with E-state index in [1.165, 1.54) is 5.56 Å². The van der Waals surface area contributed by atoms with Crippen LogP contribution in [0.1, 0.15) is 102 Å². The number of esters is 2. The third-order valence-corrected chi connectivity index (χ3v) is 4.92. The predicted molar refractivity (Wildman–Crippen MR) is 114 cm³/mol. The van der Waals surface area contributed by atoms with Gasteiger partial charge in [0, 0.05) is 6.42 Å². The molecule has 0 atom stereocenters.